The number of ether oxygens (including phenoxy) is 1. The lowest BCUT2D eigenvalue weighted by molar-refractivity contribution is 0.0576. The summed E-state index contributed by atoms with van der Waals surface area (Å²) in [5, 5.41) is 25.2. The van der Waals surface area contributed by atoms with Crippen molar-refractivity contribution in [3.63, 3.8) is 0 Å². The van der Waals surface area contributed by atoms with Gasteiger partial charge in [-0.3, -0.25) is 14.4 Å². The summed E-state index contributed by atoms with van der Waals surface area (Å²) in [6.45, 7) is 7.05. The van der Waals surface area contributed by atoms with Crippen LogP contribution >= 0.6 is 0 Å². The van der Waals surface area contributed by atoms with Crippen LogP contribution in [0, 0.1) is 18.3 Å². The maximum absolute atomic E-state index is 14.6. The van der Waals surface area contributed by atoms with E-state index < -0.39 is 30.0 Å². The number of nitriles is 1. The van der Waals surface area contributed by atoms with Gasteiger partial charge < -0.3 is 9.84 Å². The molecule has 2 amide bonds. The van der Waals surface area contributed by atoms with E-state index in [1.807, 2.05) is 49.4 Å². The molecule has 6 rings (SSSR count). The van der Waals surface area contributed by atoms with Crippen LogP contribution in [-0.4, -0.2) is 59.7 Å². The fourth-order valence-corrected chi connectivity index (χ4v) is 5.85. The molecule has 1 saturated heterocycles. The molecule has 0 saturated carbocycles. The quantitative estimate of drug-likeness (QED) is 0.239. The summed E-state index contributed by atoms with van der Waals surface area (Å²) < 4.78 is 23.8. The van der Waals surface area contributed by atoms with Crippen molar-refractivity contribution in [1.82, 2.24) is 24.1 Å². The molecule has 1 fully saturated rings. The molecule has 1 aliphatic heterocycles. The zero-order valence-corrected chi connectivity index (χ0v) is 25.3. The third-order valence-electron chi connectivity index (χ3n) is 7.75. The average Bonchev–Trinajstić information content (AvgIpc) is 3.68. The monoisotopic (exact) mass is 609 g/mol. The fraction of sp³-hybridized carbons (Fsp3) is 0.303. The highest BCUT2D eigenvalue weighted by molar-refractivity contribution is 5.92. The molecule has 1 unspecified atom stereocenters. The van der Waals surface area contributed by atoms with Gasteiger partial charge in [0.1, 0.15) is 17.3 Å². The van der Waals surface area contributed by atoms with Crippen LogP contribution in [0.5, 0.6) is 0 Å². The number of rotatable bonds is 5. The van der Waals surface area contributed by atoms with Gasteiger partial charge >= 0.3 is 12.2 Å². The van der Waals surface area contributed by atoms with Gasteiger partial charge in [0.25, 0.3) is 5.95 Å². The number of halogens is 1. The lowest BCUT2D eigenvalue weighted by Gasteiger charge is -2.28. The first-order valence-electron chi connectivity index (χ1n) is 14.5. The predicted octanol–water partition coefficient (Wildman–Crippen LogP) is 6.56. The number of likely N-dealkylation sites (tertiary alicyclic amines) is 1. The summed E-state index contributed by atoms with van der Waals surface area (Å²) in [5.74, 6) is 0.398. The van der Waals surface area contributed by atoms with Gasteiger partial charge in [0.15, 0.2) is 5.82 Å². The molecular formula is C33H32FN7O4. The Morgan fingerprint density at radius 3 is 2.56 bits per heavy atom. The van der Waals surface area contributed by atoms with E-state index in [2.05, 4.69) is 6.07 Å². The Hall–Kier alpha value is -5.44. The largest absolute Gasteiger partial charge is 0.465 e. The lowest BCUT2D eigenvalue weighted by Crippen LogP contribution is -2.37. The number of benzene rings is 2. The number of hydrogen-bond donors (Lipinski definition) is 1. The second-order valence-electron chi connectivity index (χ2n) is 12.1. The number of nitrogens with zero attached hydrogens (tertiary/aromatic N) is 7. The first kappa shape index (κ1) is 29.6. The lowest BCUT2D eigenvalue weighted by atomic mass is 10.1. The summed E-state index contributed by atoms with van der Waals surface area (Å²) in [5.41, 5.74) is 2.75. The molecule has 0 radical (unpaired) electrons. The van der Waals surface area contributed by atoms with Crippen LogP contribution in [0.1, 0.15) is 55.7 Å². The van der Waals surface area contributed by atoms with E-state index in [4.69, 9.17) is 14.8 Å². The van der Waals surface area contributed by atoms with Crippen molar-refractivity contribution in [3.8, 4) is 12.0 Å². The van der Waals surface area contributed by atoms with E-state index >= 15 is 0 Å². The van der Waals surface area contributed by atoms with Crippen LogP contribution in [0.2, 0.25) is 0 Å². The Labute approximate surface area is 258 Å². The minimum absolute atomic E-state index is 0.0378. The summed E-state index contributed by atoms with van der Waals surface area (Å²) in [6, 6.07) is 21.4. The van der Waals surface area contributed by atoms with E-state index in [-0.39, 0.29) is 31.3 Å². The van der Waals surface area contributed by atoms with Gasteiger partial charge in [0, 0.05) is 17.5 Å². The average molecular weight is 610 g/mol. The number of alkyl halides is 1. The van der Waals surface area contributed by atoms with Gasteiger partial charge in [-0.05, 0) is 63.6 Å². The minimum Gasteiger partial charge on any atom is -0.465 e. The van der Waals surface area contributed by atoms with E-state index in [0.29, 0.717) is 27.7 Å². The molecule has 230 valence electrons. The topological polar surface area (TPSA) is 129 Å². The molecule has 2 atom stereocenters. The van der Waals surface area contributed by atoms with Crippen LogP contribution in [0.25, 0.3) is 22.4 Å². The second-order valence-corrected chi connectivity index (χ2v) is 12.1. The third kappa shape index (κ3) is 5.53. The molecule has 11 nitrogen and oxygen atoms in total. The summed E-state index contributed by atoms with van der Waals surface area (Å²) in [6.07, 6.45) is -3.25. The van der Waals surface area contributed by atoms with Gasteiger partial charge in [-0.15, -0.1) is 5.10 Å². The van der Waals surface area contributed by atoms with E-state index in [1.165, 1.54) is 9.42 Å². The molecule has 1 aliphatic rings. The maximum Gasteiger partial charge on any atom is 0.416 e. The smallest absolute Gasteiger partial charge is 0.416 e. The highest BCUT2D eigenvalue weighted by Crippen LogP contribution is 2.37. The number of hydrogen-bond acceptors (Lipinski definition) is 6. The molecule has 12 heteroatoms. The molecule has 0 bridgehead atoms. The number of carbonyl (C=O) groups excluding carboxylic acids is 1. The molecule has 1 N–H and O–H groups in total. The predicted molar refractivity (Wildman–Crippen MR) is 165 cm³/mol. The molecule has 45 heavy (non-hydrogen) atoms. The molecule has 2 aromatic carbocycles. The van der Waals surface area contributed by atoms with Crippen LogP contribution < -0.4 is 4.90 Å². The number of carboxylic acid groups (broad SMARTS) is 1. The van der Waals surface area contributed by atoms with E-state index in [9.17, 15) is 24.3 Å². The van der Waals surface area contributed by atoms with Crippen molar-refractivity contribution in [3.05, 3.63) is 89.2 Å². The van der Waals surface area contributed by atoms with Gasteiger partial charge in [-0.1, -0.05) is 36.4 Å². The Bertz CT molecular complexity index is 1970. The summed E-state index contributed by atoms with van der Waals surface area (Å²) >= 11 is 0. The number of aryl methyl sites for hydroxylation is 1. The first-order chi connectivity index (χ1) is 21.4. The van der Waals surface area contributed by atoms with Crippen LogP contribution in [-0.2, 0) is 11.3 Å². The Balaban J connectivity index is 1.63. The molecule has 3 aromatic heterocycles. The Morgan fingerprint density at radius 1 is 1.11 bits per heavy atom. The van der Waals surface area contributed by atoms with Gasteiger partial charge in [-0.25, -0.2) is 18.5 Å². The Kier molecular flexibility index (Phi) is 7.40. The maximum atomic E-state index is 14.6. The highest BCUT2D eigenvalue weighted by Gasteiger charge is 2.39. The van der Waals surface area contributed by atoms with Gasteiger partial charge in [-0.2, -0.15) is 10.2 Å². The van der Waals surface area contributed by atoms with Crippen molar-refractivity contribution in [1.29, 1.82) is 5.26 Å². The van der Waals surface area contributed by atoms with Crippen LogP contribution in [0.4, 0.5) is 19.8 Å². The summed E-state index contributed by atoms with van der Waals surface area (Å²) in [7, 11) is 0. The summed E-state index contributed by atoms with van der Waals surface area (Å²) in [4.78, 5) is 33.4. The normalized spacial score (nSPS) is 16.7. The van der Waals surface area contributed by atoms with Crippen molar-refractivity contribution in [2.24, 2.45) is 0 Å². The SMILES string of the molecule is Cc1cc2c(C#N)cccc2n1-c1nc(N(Cc2ccccc2)C(=O)OC(C)(C)C)c2ccc(C3C[C@H](F)CN3C(=O)O)n2n1. The molecule has 0 spiro atoms. The van der Waals surface area contributed by atoms with Crippen molar-refractivity contribution in [2.45, 2.75) is 58.5 Å². The number of amides is 2. The van der Waals surface area contributed by atoms with E-state index in [1.54, 1.807) is 49.6 Å². The molecular weight excluding hydrogens is 577 g/mol. The minimum atomic E-state index is -1.34. The molecule has 0 aliphatic carbocycles. The van der Waals surface area contributed by atoms with Crippen LogP contribution in [0.3, 0.4) is 0 Å². The molecule has 5 aromatic rings. The van der Waals surface area contributed by atoms with Crippen molar-refractivity contribution < 1.29 is 23.8 Å². The number of anilines is 1. The highest BCUT2D eigenvalue weighted by atomic mass is 19.1. The fourth-order valence-electron chi connectivity index (χ4n) is 5.85. The zero-order valence-electron chi connectivity index (χ0n) is 25.3. The Morgan fingerprint density at radius 2 is 1.87 bits per heavy atom. The van der Waals surface area contributed by atoms with Crippen molar-refractivity contribution in [2.75, 3.05) is 11.4 Å². The van der Waals surface area contributed by atoms with Gasteiger partial charge in [0.2, 0.25) is 0 Å². The van der Waals surface area contributed by atoms with Gasteiger partial charge in [0.05, 0.1) is 42.0 Å². The number of carbonyl (C=O) groups is 2. The van der Waals surface area contributed by atoms with Crippen LogP contribution in [0.15, 0.2) is 66.7 Å². The van der Waals surface area contributed by atoms with Crippen molar-refractivity contribution >= 4 is 34.4 Å². The standard InChI is InChI=1S/C33H32FN7O4/c1-20-15-24-22(17-35)11-8-12-25(24)40(20)30-36-29(39(32(44)45-33(2,3)4)18-21-9-6-5-7-10-21)27-14-13-26(41(27)37-30)28-16-23(34)19-38(28)31(42)43/h5-15,23,28H,16,18-19H2,1-4H3,(H,42,43)/t23-,28?/m0/s1. The number of fused-ring (bicyclic) bond motifs is 2. The third-order valence-corrected chi connectivity index (χ3v) is 7.75. The zero-order chi connectivity index (χ0) is 32.0. The first-order valence-corrected chi connectivity index (χ1v) is 14.5. The van der Waals surface area contributed by atoms with E-state index in [0.717, 1.165) is 16.2 Å². The second kappa shape index (κ2) is 11.2. The number of aromatic nitrogens is 4. The molecule has 4 heterocycles.